The molecule has 0 amide bonds. The van der Waals surface area contributed by atoms with Crippen molar-refractivity contribution in [2.45, 2.75) is 287 Å². The second kappa shape index (κ2) is 40.1. The van der Waals surface area contributed by atoms with Crippen LogP contribution in [0.3, 0.4) is 0 Å². The van der Waals surface area contributed by atoms with Gasteiger partial charge < -0.3 is 59.1 Å². The van der Waals surface area contributed by atoms with Crippen LogP contribution in [0, 0.1) is 0 Å². The van der Waals surface area contributed by atoms with Crippen molar-refractivity contribution >= 4 is 11.9 Å². The minimum Gasteiger partial charge on any atom is -0.462 e. The molecule has 0 unspecified atom stereocenters. The van der Waals surface area contributed by atoms with Crippen LogP contribution in [0.4, 0.5) is 0 Å². The van der Waals surface area contributed by atoms with Crippen molar-refractivity contribution in [3.05, 3.63) is 0 Å². The Labute approximate surface area is 403 Å². The van der Waals surface area contributed by atoms with E-state index >= 15 is 0 Å². The van der Waals surface area contributed by atoms with Crippen molar-refractivity contribution in [3.63, 3.8) is 0 Å². The molecule has 16 heteroatoms. The highest BCUT2D eigenvalue weighted by Gasteiger charge is 2.49. The van der Waals surface area contributed by atoms with Gasteiger partial charge in [0.05, 0.1) is 19.8 Å². The Balaban J connectivity index is 1.81. The summed E-state index contributed by atoms with van der Waals surface area (Å²) in [6.45, 7) is 2.56. The van der Waals surface area contributed by atoms with Crippen LogP contribution in [-0.4, -0.2) is 142 Å². The van der Waals surface area contributed by atoms with Crippen LogP contribution in [0.15, 0.2) is 0 Å². The Kier molecular flexibility index (Phi) is 36.9. The molecule has 0 radical (unpaired) electrons. The summed E-state index contributed by atoms with van der Waals surface area (Å²) in [6.07, 6.45) is 19.6. The average Bonchev–Trinajstić information content (AvgIpc) is 3.32. The van der Waals surface area contributed by atoms with Gasteiger partial charge in [0, 0.05) is 12.8 Å². The van der Waals surface area contributed by atoms with Gasteiger partial charge in [0.1, 0.15) is 49.3 Å². The molecule has 0 saturated carbocycles. The normalized spacial score (nSPS) is 25.9. The summed E-state index contributed by atoms with van der Waals surface area (Å²) in [5.74, 6) is -0.922. The molecule has 0 spiro atoms. The number of carbonyl (C=O) groups excluding carboxylic acids is 2. The van der Waals surface area contributed by atoms with Crippen LogP contribution < -0.4 is 0 Å². The summed E-state index contributed by atoms with van der Waals surface area (Å²) >= 11 is 0. The molecule has 0 bridgehead atoms. The lowest BCUT2D eigenvalue weighted by molar-refractivity contribution is -0.393. The fourth-order valence-corrected chi connectivity index (χ4v) is 8.79. The van der Waals surface area contributed by atoms with Gasteiger partial charge in [-0.1, -0.05) is 194 Å². The fourth-order valence-electron chi connectivity index (χ4n) is 8.79. The molecule has 0 aromatic carbocycles. The van der Waals surface area contributed by atoms with Gasteiger partial charge in [0.15, 0.2) is 24.8 Å². The zero-order valence-corrected chi connectivity index (χ0v) is 41.6. The van der Waals surface area contributed by atoms with E-state index in [0.717, 1.165) is 38.5 Å². The highest BCUT2D eigenvalue weighted by molar-refractivity contribution is 5.70. The zero-order valence-electron chi connectivity index (χ0n) is 41.6. The summed E-state index contributed by atoms with van der Waals surface area (Å²) in [5.41, 5.74) is 0. The maximum atomic E-state index is 13.0. The first kappa shape index (κ1) is 61.6. The molecule has 0 aliphatic carbocycles. The number of hydrogen-bond acceptors (Lipinski definition) is 16. The van der Waals surface area contributed by atoms with Crippen molar-refractivity contribution in [2.75, 3.05) is 26.4 Å². The van der Waals surface area contributed by atoms with Gasteiger partial charge in [0.25, 0.3) is 0 Å². The molecule has 2 heterocycles. The SMILES string of the molecule is CCCCCCCCCCCCCCCCCC(=O)OC[C@H](CO[C@@H]1O[C@H](CO[C@H]2O[C@H](CO)[C@H](O)[C@H](O)[C@H]2OO)[C@H](O)[C@H](O)[C@H]1O)OC(=O)CCCCCCCCCCCCCCCCC. The minimum atomic E-state index is -1.78. The lowest BCUT2D eigenvalue weighted by Gasteiger charge is -2.43. The summed E-state index contributed by atoms with van der Waals surface area (Å²) in [7, 11) is 0. The standard InChI is InChI=1S/C51H96O16/c1-3-5-7-9-11-13-15-17-19-21-23-25-27-29-31-33-42(53)61-36-39(64-43(54)34-32-30-28-26-24-22-20-18-16-14-12-10-8-6-4-2)37-62-50-48(59)46(57)45(56)41(66-50)38-63-51-49(67-60)47(58)44(55)40(35-52)65-51/h39-41,44-52,55-60H,3-38H2,1-2H3/t39-,40-,41-,44+,45+,46+,47+,48-,49-,50-,51+/m1/s1. The van der Waals surface area contributed by atoms with E-state index in [1.165, 1.54) is 141 Å². The molecular formula is C51H96O16. The summed E-state index contributed by atoms with van der Waals surface area (Å²) < 4.78 is 33.8. The summed E-state index contributed by atoms with van der Waals surface area (Å²) in [4.78, 5) is 30.0. The predicted octanol–water partition coefficient (Wildman–Crippen LogP) is 8.10. The fraction of sp³-hybridized carbons (Fsp3) is 0.961. The molecule has 396 valence electrons. The number of rotatable bonds is 43. The van der Waals surface area contributed by atoms with Crippen LogP contribution >= 0.6 is 0 Å². The lowest BCUT2D eigenvalue weighted by atomic mass is 9.98. The van der Waals surface area contributed by atoms with Crippen LogP contribution in [0.5, 0.6) is 0 Å². The summed E-state index contributed by atoms with van der Waals surface area (Å²) in [6, 6.07) is 0. The van der Waals surface area contributed by atoms with E-state index in [1.807, 2.05) is 0 Å². The van der Waals surface area contributed by atoms with Gasteiger partial charge in [-0.15, -0.1) is 0 Å². The maximum absolute atomic E-state index is 13.0. The van der Waals surface area contributed by atoms with E-state index in [1.54, 1.807) is 0 Å². The van der Waals surface area contributed by atoms with Gasteiger partial charge in [-0.2, -0.15) is 0 Å². The lowest BCUT2D eigenvalue weighted by Crippen LogP contribution is -2.62. The maximum Gasteiger partial charge on any atom is 0.306 e. The average molecular weight is 965 g/mol. The van der Waals surface area contributed by atoms with E-state index in [0.29, 0.717) is 12.8 Å². The first-order valence-corrected chi connectivity index (χ1v) is 26.8. The largest absolute Gasteiger partial charge is 0.462 e. The minimum absolute atomic E-state index is 0.166. The molecule has 2 saturated heterocycles. The Morgan fingerprint density at radius 1 is 0.463 bits per heavy atom. The number of carbonyl (C=O) groups is 2. The first-order valence-electron chi connectivity index (χ1n) is 26.8. The Hall–Kier alpha value is -1.54. The van der Waals surface area contributed by atoms with E-state index in [4.69, 9.17) is 28.4 Å². The molecule has 2 aliphatic rings. The van der Waals surface area contributed by atoms with Crippen molar-refractivity contribution < 1.29 is 78.8 Å². The summed E-state index contributed by atoms with van der Waals surface area (Å²) in [5, 5.41) is 71.5. The van der Waals surface area contributed by atoms with Crippen LogP contribution in [0.1, 0.15) is 219 Å². The molecule has 7 N–H and O–H groups in total. The van der Waals surface area contributed by atoms with Gasteiger partial charge in [-0.25, -0.2) is 4.89 Å². The molecule has 0 aromatic rings. The van der Waals surface area contributed by atoms with Gasteiger partial charge in [-0.3, -0.25) is 14.8 Å². The quantitative estimate of drug-likeness (QED) is 0.0132. The topological polar surface area (TPSA) is 240 Å². The number of hydrogen-bond donors (Lipinski definition) is 7. The third-order valence-corrected chi connectivity index (χ3v) is 13.2. The highest BCUT2D eigenvalue weighted by Crippen LogP contribution is 2.27. The van der Waals surface area contributed by atoms with E-state index in [9.17, 15) is 45.5 Å². The Bertz CT molecular complexity index is 1180. The van der Waals surface area contributed by atoms with Gasteiger partial charge in [0.2, 0.25) is 0 Å². The van der Waals surface area contributed by atoms with E-state index in [-0.39, 0.29) is 26.1 Å². The molecule has 2 rings (SSSR count). The van der Waals surface area contributed by atoms with Crippen molar-refractivity contribution in [1.82, 2.24) is 0 Å². The number of unbranched alkanes of at least 4 members (excludes halogenated alkanes) is 28. The van der Waals surface area contributed by atoms with E-state index < -0.39 is 92.7 Å². The smallest absolute Gasteiger partial charge is 0.306 e. The van der Waals surface area contributed by atoms with Crippen LogP contribution in [0.25, 0.3) is 0 Å². The van der Waals surface area contributed by atoms with Gasteiger partial charge in [-0.05, 0) is 12.8 Å². The molecule has 67 heavy (non-hydrogen) atoms. The van der Waals surface area contributed by atoms with Crippen molar-refractivity contribution in [2.24, 2.45) is 0 Å². The molecule has 11 atom stereocenters. The first-order chi connectivity index (χ1) is 32.6. The zero-order chi connectivity index (χ0) is 48.9. The van der Waals surface area contributed by atoms with Crippen LogP contribution in [-0.2, 0) is 42.9 Å². The molecule has 0 aromatic heterocycles. The number of aliphatic hydroxyl groups excluding tert-OH is 6. The van der Waals surface area contributed by atoms with Crippen molar-refractivity contribution in [1.29, 1.82) is 0 Å². The van der Waals surface area contributed by atoms with E-state index in [2.05, 4.69) is 18.7 Å². The van der Waals surface area contributed by atoms with Crippen LogP contribution in [0.2, 0.25) is 0 Å². The number of aliphatic hydroxyl groups is 6. The Morgan fingerprint density at radius 2 is 0.866 bits per heavy atom. The molecule has 2 fully saturated rings. The second-order valence-corrected chi connectivity index (χ2v) is 19.2. The number of esters is 2. The van der Waals surface area contributed by atoms with Crippen molar-refractivity contribution in [3.8, 4) is 0 Å². The monoisotopic (exact) mass is 965 g/mol. The highest BCUT2D eigenvalue weighted by atomic mass is 17.1. The third-order valence-electron chi connectivity index (χ3n) is 13.2. The Morgan fingerprint density at radius 3 is 1.30 bits per heavy atom. The second-order valence-electron chi connectivity index (χ2n) is 19.2. The van der Waals surface area contributed by atoms with Gasteiger partial charge >= 0.3 is 11.9 Å². The molecule has 2 aliphatic heterocycles. The molecular weight excluding hydrogens is 869 g/mol. The molecule has 16 nitrogen and oxygen atoms in total. The predicted molar refractivity (Wildman–Crippen MR) is 254 cm³/mol. The third kappa shape index (κ3) is 27.6. The number of ether oxygens (including phenoxy) is 6.